The van der Waals surface area contributed by atoms with Crippen molar-refractivity contribution in [2.75, 3.05) is 6.61 Å². The molecule has 0 saturated heterocycles. The molecule has 5 rings (SSSR count). The molecule has 1 aromatic rings. The molecular formula is C36H54O3. The predicted octanol–water partition coefficient (Wildman–Crippen LogP) is 9.27. The van der Waals surface area contributed by atoms with Gasteiger partial charge in [-0.2, -0.15) is 0 Å². The van der Waals surface area contributed by atoms with Crippen LogP contribution >= 0.6 is 0 Å². The van der Waals surface area contributed by atoms with E-state index in [2.05, 4.69) is 47.6 Å². The Balaban J connectivity index is 1.34. The molecule has 0 amide bonds. The maximum absolute atomic E-state index is 12.8. The lowest BCUT2D eigenvalue weighted by Crippen LogP contribution is -2.55. The van der Waals surface area contributed by atoms with Gasteiger partial charge in [-0.1, -0.05) is 83.7 Å². The van der Waals surface area contributed by atoms with Gasteiger partial charge in [0.15, 0.2) is 0 Å². The monoisotopic (exact) mass is 534 g/mol. The van der Waals surface area contributed by atoms with Gasteiger partial charge in [-0.3, -0.25) is 0 Å². The van der Waals surface area contributed by atoms with Crippen LogP contribution in [0.25, 0.3) is 0 Å². The molecule has 9 unspecified atom stereocenters. The predicted molar refractivity (Wildman–Crippen MR) is 159 cm³/mol. The molecule has 3 saturated carbocycles. The molecule has 4 aliphatic carbocycles. The van der Waals surface area contributed by atoms with Gasteiger partial charge in [0, 0.05) is 13.0 Å². The summed E-state index contributed by atoms with van der Waals surface area (Å²) in [6.45, 7) is 15.4. The highest BCUT2D eigenvalue weighted by Gasteiger charge is 2.61. The van der Waals surface area contributed by atoms with Gasteiger partial charge in [-0.25, -0.2) is 4.79 Å². The average molecular weight is 535 g/mol. The van der Waals surface area contributed by atoms with Crippen molar-refractivity contribution in [2.45, 2.75) is 118 Å². The van der Waals surface area contributed by atoms with Crippen molar-refractivity contribution >= 4 is 5.97 Å². The van der Waals surface area contributed by atoms with Gasteiger partial charge in [0.05, 0.1) is 11.7 Å². The van der Waals surface area contributed by atoms with Crippen molar-refractivity contribution in [2.24, 2.45) is 46.3 Å². The molecule has 216 valence electrons. The Morgan fingerprint density at radius 3 is 2.46 bits per heavy atom. The van der Waals surface area contributed by atoms with Crippen LogP contribution in [0.3, 0.4) is 0 Å². The normalized spacial score (nSPS) is 38.4. The summed E-state index contributed by atoms with van der Waals surface area (Å²) in [5, 5.41) is 0. The number of rotatable bonds is 9. The number of hydrogen-bond donors (Lipinski definition) is 0. The fourth-order valence-corrected chi connectivity index (χ4v) is 9.86. The van der Waals surface area contributed by atoms with Crippen LogP contribution in [-0.4, -0.2) is 24.8 Å². The number of carbonyl (C=O) groups is 1. The second kappa shape index (κ2) is 11.7. The Morgan fingerprint density at radius 1 is 0.974 bits per heavy atom. The Morgan fingerprint density at radius 2 is 1.74 bits per heavy atom. The van der Waals surface area contributed by atoms with E-state index in [9.17, 15) is 4.79 Å². The third kappa shape index (κ3) is 5.51. The van der Waals surface area contributed by atoms with Crippen LogP contribution in [0.15, 0.2) is 42.0 Å². The van der Waals surface area contributed by atoms with E-state index in [-0.39, 0.29) is 23.6 Å². The zero-order valence-electron chi connectivity index (χ0n) is 25.6. The van der Waals surface area contributed by atoms with Gasteiger partial charge in [-0.05, 0) is 104 Å². The molecule has 4 aliphatic rings. The van der Waals surface area contributed by atoms with Crippen LogP contribution in [0.1, 0.15) is 116 Å². The van der Waals surface area contributed by atoms with Crippen molar-refractivity contribution < 1.29 is 14.3 Å². The highest BCUT2D eigenvalue weighted by atomic mass is 16.5. The number of hydrogen-bond acceptors (Lipinski definition) is 3. The van der Waals surface area contributed by atoms with Crippen molar-refractivity contribution in [1.82, 2.24) is 0 Å². The van der Waals surface area contributed by atoms with E-state index in [1.165, 1.54) is 50.5 Å². The summed E-state index contributed by atoms with van der Waals surface area (Å²) < 4.78 is 12.6. The molecule has 9 atom stereocenters. The lowest BCUT2D eigenvalue weighted by molar-refractivity contribution is -0.113. The largest absolute Gasteiger partial charge is 0.458 e. The van der Waals surface area contributed by atoms with Gasteiger partial charge in [0.2, 0.25) is 0 Å². The summed E-state index contributed by atoms with van der Waals surface area (Å²) in [5.74, 6) is 4.35. The average Bonchev–Trinajstić information content (AvgIpc) is 3.27. The molecule has 0 N–H and O–H groups in total. The Labute approximate surface area is 238 Å². The zero-order chi connectivity index (χ0) is 27.8. The molecule has 3 heteroatoms. The minimum atomic E-state index is -0.187. The molecule has 1 aromatic carbocycles. The Hall–Kier alpha value is -1.61. The number of benzene rings is 1. The SMILES string of the molecule is CCOC1C=C2CC(OC(=O)c3ccccc3)CCC2(C)C2CCC3(C)C(C(C)CCCC(C)C)CCC3C12. The van der Waals surface area contributed by atoms with Crippen LogP contribution < -0.4 is 0 Å². The zero-order valence-corrected chi connectivity index (χ0v) is 25.6. The van der Waals surface area contributed by atoms with Gasteiger partial charge >= 0.3 is 5.97 Å². The van der Waals surface area contributed by atoms with E-state index in [0.717, 1.165) is 49.5 Å². The van der Waals surface area contributed by atoms with Crippen molar-refractivity contribution in [3.8, 4) is 0 Å². The fraction of sp³-hybridized carbons (Fsp3) is 0.750. The van der Waals surface area contributed by atoms with Crippen LogP contribution in [0.4, 0.5) is 0 Å². The van der Waals surface area contributed by atoms with Crippen LogP contribution in [0.2, 0.25) is 0 Å². The standard InChI is InChI=1S/C36H54O3/c1-7-38-32-23-27-22-28(39-34(37)26-14-9-8-10-15-26)18-20-35(27,5)31-19-21-36(6)29(16-17-30(36)33(31)32)25(4)13-11-12-24(2)3/h8-10,14-15,23-25,28-33H,7,11-13,16-22H2,1-6H3. The molecule has 39 heavy (non-hydrogen) atoms. The Kier molecular flexibility index (Phi) is 8.68. The smallest absolute Gasteiger partial charge is 0.338 e. The van der Waals surface area contributed by atoms with E-state index < -0.39 is 0 Å². The highest BCUT2D eigenvalue weighted by molar-refractivity contribution is 5.89. The summed E-state index contributed by atoms with van der Waals surface area (Å²) in [6.07, 6.45) is 15.2. The number of esters is 1. The second-order valence-electron chi connectivity index (χ2n) is 14.5. The van der Waals surface area contributed by atoms with Crippen LogP contribution in [-0.2, 0) is 9.47 Å². The lowest BCUT2D eigenvalue weighted by atomic mass is 9.46. The third-order valence-electron chi connectivity index (χ3n) is 11.9. The molecular weight excluding hydrogens is 480 g/mol. The summed E-state index contributed by atoms with van der Waals surface area (Å²) in [7, 11) is 0. The molecule has 0 heterocycles. The van der Waals surface area contributed by atoms with Gasteiger partial charge in [-0.15, -0.1) is 0 Å². The fourth-order valence-electron chi connectivity index (χ4n) is 9.86. The summed E-state index contributed by atoms with van der Waals surface area (Å²) >= 11 is 0. The molecule has 3 fully saturated rings. The summed E-state index contributed by atoms with van der Waals surface area (Å²) in [5.41, 5.74) is 2.80. The molecule has 0 aliphatic heterocycles. The first-order valence-electron chi connectivity index (χ1n) is 16.3. The van der Waals surface area contributed by atoms with Gasteiger partial charge < -0.3 is 9.47 Å². The first kappa shape index (κ1) is 28.9. The number of fused-ring (bicyclic) bond motifs is 5. The van der Waals surface area contributed by atoms with Crippen molar-refractivity contribution in [3.05, 3.63) is 47.5 Å². The third-order valence-corrected chi connectivity index (χ3v) is 11.9. The van der Waals surface area contributed by atoms with E-state index in [4.69, 9.17) is 9.47 Å². The van der Waals surface area contributed by atoms with Gasteiger partial charge in [0.25, 0.3) is 0 Å². The van der Waals surface area contributed by atoms with E-state index in [1.54, 1.807) is 0 Å². The quantitative estimate of drug-likeness (QED) is 0.234. The molecule has 0 spiro atoms. The molecule has 0 aromatic heterocycles. The Bertz CT molecular complexity index is 1010. The summed E-state index contributed by atoms with van der Waals surface area (Å²) in [4.78, 5) is 12.8. The van der Waals surface area contributed by atoms with Crippen molar-refractivity contribution in [3.63, 3.8) is 0 Å². The van der Waals surface area contributed by atoms with E-state index in [1.807, 2.05) is 30.3 Å². The maximum Gasteiger partial charge on any atom is 0.338 e. The van der Waals surface area contributed by atoms with Crippen molar-refractivity contribution in [1.29, 1.82) is 0 Å². The second-order valence-corrected chi connectivity index (χ2v) is 14.5. The van der Waals surface area contributed by atoms with E-state index in [0.29, 0.717) is 22.8 Å². The minimum Gasteiger partial charge on any atom is -0.458 e. The first-order valence-corrected chi connectivity index (χ1v) is 16.3. The van der Waals surface area contributed by atoms with E-state index >= 15 is 0 Å². The topological polar surface area (TPSA) is 35.5 Å². The van der Waals surface area contributed by atoms with Crippen LogP contribution in [0.5, 0.6) is 0 Å². The molecule has 3 nitrogen and oxygen atoms in total. The molecule has 0 bridgehead atoms. The highest BCUT2D eigenvalue weighted by Crippen LogP contribution is 2.67. The number of ether oxygens (including phenoxy) is 2. The first-order chi connectivity index (χ1) is 18.7. The minimum absolute atomic E-state index is 0.0349. The molecule has 0 radical (unpaired) electrons. The maximum atomic E-state index is 12.8. The summed E-state index contributed by atoms with van der Waals surface area (Å²) in [6, 6.07) is 9.45. The van der Waals surface area contributed by atoms with Gasteiger partial charge in [0.1, 0.15) is 6.10 Å². The van der Waals surface area contributed by atoms with Crippen LogP contribution in [0, 0.1) is 46.3 Å². The lowest BCUT2D eigenvalue weighted by Gasteiger charge is -2.60. The number of carbonyl (C=O) groups excluding carboxylic acids is 1.